The fourth-order valence-corrected chi connectivity index (χ4v) is 1.24. The molecule has 0 aromatic heterocycles. The Morgan fingerprint density at radius 1 is 0.846 bits per heavy atom. The third kappa shape index (κ3) is 2.80. The summed E-state index contributed by atoms with van der Waals surface area (Å²) in [6, 6.07) is 14.5. The molecule has 0 aliphatic heterocycles. The van der Waals surface area contributed by atoms with Crippen LogP contribution in [0, 0.1) is 6.92 Å². The van der Waals surface area contributed by atoms with E-state index in [4.69, 9.17) is 0 Å². The van der Waals surface area contributed by atoms with Crippen molar-refractivity contribution in [2.24, 2.45) is 0 Å². The molecule has 0 fully saturated rings. The summed E-state index contributed by atoms with van der Waals surface area (Å²) in [6.07, 6.45) is 0. The number of fused-ring (bicyclic) bond motifs is 1. The standard InChI is InChI=1S/C11H9.ClH.Mg/c1-9-6-7-10-4-2-3-5-11(10)8-9;;/h2-8H,1H2;1H;/q-1;;+2/p-1. The van der Waals surface area contributed by atoms with Crippen LogP contribution < -0.4 is 12.4 Å². The summed E-state index contributed by atoms with van der Waals surface area (Å²) in [5, 5.41) is 2.54. The second-order valence-electron chi connectivity index (χ2n) is 2.68. The minimum absolute atomic E-state index is 0. The number of rotatable bonds is 0. The molecule has 0 spiro atoms. The zero-order valence-corrected chi connectivity index (χ0v) is 9.50. The van der Waals surface area contributed by atoms with E-state index < -0.39 is 0 Å². The smallest absolute Gasteiger partial charge is 1.00 e. The van der Waals surface area contributed by atoms with Crippen molar-refractivity contribution in [3.8, 4) is 0 Å². The van der Waals surface area contributed by atoms with E-state index >= 15 is 0 Å². The number of halogens is 1. The number of hydrogen-bond acceptors (Lipinski definition) is 0. The predicted molar refractivity (Wildman–Crippen MR) is 54.2 cm³/mol. The summed E-state index contributed by atoms with van der Waals surface area (Å²) < 4.78 is 0. The van der Waals surface area contributed by atoms with E-state index in [1.54, 1.807) is 0 Å². The van der Waals surface area contributed by atoms with Gasteiger partial charge in [0, 0.05) is 0 Å². The van der Waals surface area contributed by atoms with Crippen LogP contribution in [-0.2, 0) is 0 Å². The fraction of sp³-hybridized carbons (Fsp3) is 0. The molecule has 13 heavy (non-hydrogen) atoms. The first-order chi connectivity index (χ1) is 5.36. The molecule has 0 saturated carbocycles. The van der Waals surface area contributed by atoms with Gasteiger partial charge in [-0.15, -0.1) is 6.07 Å². The van der Waals surface area contributed by atoms with Gasteiger partial charge in [-0.2, -0.15) is 24.6 Å². The molecule has 0 N–H and O–H groups in total. The average Bonchev–Trinajstić information content (AvgIpc) is 2.04. The van der Waals surface area contributed by atoms with Crippen LogP contribution in [0.2, 0.25) is 0 Å². The molecule has 0 saturated heterocycles. The third-order valence-electron chi connectivity index (χ3n) is 1.81. The van der Waals surface area contributed by atoms with Crippen molar-refractivity contribution in [1.29, 1.82) is 0 Å². The van der Waals surface area contributed by atoms with Crippen LogP contribution in [-0.4, -0.2) is 23.1 Å². The second-order valence-corrected chi connectivity index (χ2v) is 2.68. The van der Waals surface area contributed by atoms with Crippen molar-refractivity contribution in [2.75, 3.05) is 0 Å². The van der Waals surface area contributed by atoms with Gasteiger partial charge in [0.2, 0.25) is 0 Å². The van der Waals surface area contributed by atoms with E-state index in [9.17, 15) is 0 Å². The Kier molecular flexibility index (Phi) is 5.22. The predicted octanol–water partition coefficient (Wildman–Crippen LogP) is -0.355. The van der Waals surface area contributed by atoms with Gasteiger partial charge in [-0.1, -0.05) is 29.7 Å². The number of hydrogen-bond donors (Lipinski definition) is 0. The van der Waals surface area contributed by atoms with Crippen molar-refractivity contribution >= 4 is 33.8 Å². The molecule has 0 aliphatic rings. The summed E-state index contributed by atoms with van der Waals surface area (Å²) in [4.78, 5) is 0. The quantitative estimate of drug-likeness (QED) is 0.403. The van der Waals surface area contributed by atoms with E-state index in [1.165, 1.54) is 10.8 Å². The second kappa shape index (κ2) is 5.38. The average molecular weight is 201 g/mol. The minimum atomic E-state index is 0. The monoisotopic (exact) mass is 200 g/mol. The van der Waals surface area contributed by atoms with Crippen LogP contribution in [0.4, 0.5) is 0 Å². The van der Waals surface area contributed by atoms with Gasteiger partial charge in [-0.3, -0.25) is 0 Å². The van der Waals surface area contributed by atoms with Gasteiger partial charge in [0.05, 0.1) is 0 Å². The maximum absolute atomic E-state index is 3.87. The largest absolute Gasteiger partial charge is 2.00 e. The van der Waals surface area contributed by atoms with E-state index in [1.807, 2.05) is 18.2 Å². The van der Waals surface area contributed by atoms with Gasteiger partial charge in [0.1, 0.15) is 0 Å². The van der Waals surface area contributed by atoms with Crippen molar-refractivity contribution in [2.45, 2.75) is 0 Å². The molecule has 0 aliphatic carbocycles. The Morgan fingerprint density at radius 2 is 1.46 bits per heavy atom. The Bertz CT molecular complexity index is 385. The van der Waals surface area contributed by atoms with Crippen molar-refractivity contribution in [3.05, 3.63) is 55.0 Å². The molecule has 2 heteroatoms. The summed E-state index contributed by atoms with van der Waals surface area (Å²) in [5.41, 5.74) is 1.07. The molecular weight excluding hydrogens is 192 g/mol. The summed E-state index contributed by atoms with van der Waals surface area (Å²) in [5.74, 6) is 0. The molecule has 2 aromatic rings. The van der Waals surface area contributed by atoms with Gasteiger partial charge in [0.25, 0.3) is 0 Å². The van der Waals surface area contributed by atoms with Gasteiger partial charge < -0.3 is 12.4 Å². The van der Waals surface area contributed by atoms with E-state index in [0.717, 1.165) is 5.56 Å². The molecule has 62 valence electrons. The summed E-state index contributed by atoms with van der Waals surface area (Å²) in [7, 11) is 0. The Hall–Kier alpha value is -0.374. The molecule has 0 bridgehead atoms. The SMILES string of the molecule is [CH2-]c1ccc2ccccc2c1.[Cl-].[Mg+2]. The molecule has 2 aromatic carbocycles. The topological polar surface area (TPSA) is 0 Å². The Morgan fingerprint density at radius 3 is 2.15 bits per heavy atom. The van der Waals surface area contributed by atoms with Gasteiger partial charge in [-0.25, -0.2) is 0 Å². The maximum Gasteiger partial charge on any atom is 2.00 e. The van der Waals surface area contributed by atoms with Crippen LogP contribution in [0.1, 0.15) is 5.56 Å². The molecule has 0 heterocycles. The molecule has 0 atom stereocenters. The minimum Gasteiger partial charge on any atom is -1.00 e. The molecule has 2 rings (SSSR count). The summed E-state index contributed by atoms with van der Waals surface area (Å²) in [6.45, 7) is 3.87. The van der Waals surface area contributed by atoms with Gasteiger partial charge in [-0.05, 0) is 5.39 Å². The van der Waals surface area contributed by atoms with Crippen molar-refractivity contribution in [3.63, 3.8) is 0 Å². The first-order valence-corrected chi connectivity index (χ1v) is 3.67. The molecular formula is C11H9ClMg. The van der Waals surface area contributed by atoms with Crippen LogP contribution in [0.3, 0.4) is 0 Å². The van der Waals surface area contributed by atoms with Crippen molar-refractivity contribution < 1.29 is 12.4 Å². The third-order valence-corrected chi connectivity index (χ3v) is 1.81. The fourth-order valence-electron chi connectivity index (χ4n) is 1.24. The van der Waals surface area contributed by atoms with Gasteiger partial charge in [0.15, 0.2) is 0 Å². The van der Waals surface area contributed by atoms with E-state index in [2.05, 4.69) is 31.2 Å². The first kappa shape index (κ1) is 12.6. The summed E-state index contributed by atoms with van der Waals surface area (Å²) >= 11 is 0. The maximum atomic E-state index is 3.87. The van der Waals surface area contributed by atoms with Crippen molar-refractivity contribution in [1.82, 2.24) is 0 Å². The Balaban J connectivity index is 0.000000720. The van der Waals surface area contributed by atoms with Gasteiger partial charge >= 0.3 is 23.1 Å². The van der Waals surface area contributed by atoms with Crippen LogP contribution in [0.25, 0.3) is 10.8 Å². The zero-order chi connectivity index (χ0) is 7.68. The molecule has 0 unspecified atom stereocenters. The van der Waals surface area contributed by atoms with Crippen LogP contribution in [0.15, 0.2) is 42.5 Å². The van der Waals surface area contributed by atoms with E-state index in [0.29, 0.717) is 0 Å². The molecule has 0 radical (unpaired) electrons. The zero-order valence-electron chi connectivity index (χ0n) is 7.33. The van der Waals surface area contributed by atoms with Crippen LogP contribution in [0.5, 0.6) is 0 Å². The van der Waals surface area contributed by atoms with E-state index in [-0.39, 0.29) is 35.5 Å². The number of benzene rings is 2. The molecule has 0 amide bonds. The first-order valence-electron chi connectivity index (χ1n) is 3.67. The Labute approximate surface area is 101 Å². The molecule has 0 nitrogen and oxygen atoms in total. The normalized spacial score (nSPS) is 8.62. The van der Waals surface area contributed by atoms with Crippen LogP contribution >= 0.6 is 0 Å².